The normalized spacial score (nSPS) is 14.5. The molecule has 0 aromatic carbocycles. The average molecular weight is 265 g/mol. The molecule has 0 amide bonds. The van der Waals surface area contributed by atoms with Crippen molar-refractivity contribution in [1.82, 2.24) is 9.97 Å². The molecule has 0 bridgehead atoms. The summed E-state index contributed by atoms with van der Waals surface area (Å²) in [4.78, 5) is 22.1. The third-order valence-electron chi connectivity index (χ3n) is 2.85. The first kappa shape index (κ1) is 13.6. The number of aryl methyl sites for hydroxylation is 1. The van der Waals surface area contributed by atoms with Gasteiger partial charge in [0.25, 0.3) is 0 Å². The molecule has 0 spiro atoms. The van der Waals surface area contributed by atoms with Crippen LogP contribution >= 0.6 is 0 Å². The lowest BCUT2D eigenvalue weighted by molar-refractivity contribution is -0.145. The number of carbonyl (C=O) groups excluding carboxylic acids is 1. The number of rotatable bonds is 5. The van der Waals surface area contributed by atoms with Crippen LogP contribution in [0.1, 0.15) is 25.5 Å². The summed E-state index contributed by atoms with van der Waals surface area (Å²) in [5.74, 6) is 0.709. The predicted octanol–water partition coefficient (Wildman–Crippen LogP) is 1.33. The molecule has 0 saturated carbocycles. The van der Waals surface area contributed by atoms with Crippen molar-refractivity contribution in [2.24, 2.45) is 0 Å². The molecule has 104 valence electrons. The first-order chi connectivity index (χ1) is 9.19. The van der Waals surface area contributed by atoms with Crippen LogP contribution in [0.2, 0.25) is 0 Å². The Balaban J connectivity index is 2.02. The smallest absolute Gasteiger partial charge is 0.344 e. The van der Waals surface area contributed by atoms with E-state index in [-0.39, 0.29) is 12.6 Å². The van der Waals surface area contributed by atoms with E-state index in [1.165, 1.54) is 0 Å². The fourth-order valence-electron chi connectivity index (χ4n) is 1.99. The van der Waals surface area contributed by atoms with Crippen LogP contribution in [-0.4, -0.2) is 42.2 Å². The van der Waals surface area contributed by atoms with Gasteiger partial charge in [-0.3, -0.25) is 0 Å². The Kier molecular flexibility index (Phi) is 4.54. The average Bonchev–Trinajstić information content (AvgIpc) is 2.90. The van der Waals surface area contributed by atoms with Crippen molar-refractivity contribution in [3.05, 3.63) is 11.8 Å². The first-order valence-electron chi connectivity index (χ1n) is 6.58. The molecule has 1 aliphatic rings. The van der Waals surface area contributed by atoms with Crippen molar-refractivity contribution >= 4 is 11.9 Å². The number of anilines is 1. The van der Waals surface area contributed by atoms with Crippen LogP contribution in [0.4, 0.5) is 5.95 Å². The summed E-state index contributed by atoms with van der Waals surface area (Å²) in [6.45, 7) is 5.83. The van der Waals surface area contributed by atoms with Gasteiger partial charge in [-0.1, -0.05) is 0 Å². The van der Waals surface area contributed by atoms with Gasteiger partial charge >= 0.3 is 5.97 Å². The van der Waals surface area contributed by atoms with Gasteiger partial charge in [0, 0.05) is 24.8 Å². The van der Waals surface area contributed by atoms with Crippen LogP contribution in [-0.2, 0) is 9.53 Å². The highest BCUT2D eigenvalue weighted by Gasteiger charge is 2.16. The van der Waals surface area contributed by atoms with Gasteiger partial charge in [-0.25, -0.2) is 9.78 Å². The van der Waals surface area contributed by atoms with Gasteiger partial charge < -0.3 is 14.4 Å². The monoisotopic (exact) mass is 265 g/mol. The second kappa shape index (κ2) is 6.36. The second-order valence-corrected chi connectivity index (χ2v) is 4.44. The minimum absolute atomic E-state index is 0.121. The van der Waals surface area contributed by atoms with Crippen molar-refractivity contribution in [2.45, 2.75) is 26.7 Å². The number of hydrogen-bond donors (Lipinski definition) is 0. The molecule has 1 aromatic heterocycles. The van der Waals surface area contributed by atoms with E-state index in [2.05, 4.69) is 14.9 Å². The van der Waals surface area contributed by atoms with E-state index in [0.717, 1.165) is 31.6 Å². The third kappa shape index (κ3) is 3.81. The quantitative estimate of drug-likeness (QED) is 0.748. The Morgan fingerprint density at radius 2 is 2.11 bits per heavy atom. The molecule has 1 saturated heterocycles. The molecule has 19 heavy (non-hydrogen) atoms. The van der Waals surface area contributed by atoms with E-state index in [4.69, 9.17) is 9.47 Å². The summed E-state index contributed by atoms with van der Waals surface area (Å²) < 4.78 is 10.2. The number of esters is 1. The molecular weight excluding hydrogens is 246 g/mol. The molecule has 6 heteroatoms. The van der Waals surface area contributed by atoms with E-state index in [1.807, 2.05) is 6.92 Å². The largest absolute Gasteiger partial charge is 0.466 e. The summed E-state index contributed by atoms with van der Waals surface area (Å²) in [6.07, 6.45) is 2.33. The van der Waals surface area contributed by atoms with Crippen LogP contribution in [0.25, 0.3) is 0 Å². The summed E-state index contributed by atoms with van der Waals surface area (Å²) in [5.41, 5.74) is 0.829. The van der Waals surface area contributed by atoms with E-state index in [9.17, 15) is 4.79 Å². The maximum atomic E-state index is 11.2. The van der Waals surface area contributed by atoms with Crippen LogP contribution in [0.15, 0.2) is 6.07 Å². The maximum Gasteiger partial charge on any atom is 0.344 e. The zero-order chi connectivity index (χ0) is 13.7. The summed E-state index contributed by atoms with van der Waals surface area (Å²) in [7, 11) is 0. The molecule has 0 unspecified atom stereocenters. The van der Waals surface area contributed by atoms with Crippen molar-refractivity contribution in [3.63, 3.8) is 0 Å². The van der Waals surface area contributed by atoms with Gasteiger partial charge in [-0.15, -0.1) is 0 Å². The number of aromatic nitrogens is 2. The highest BCUT2D eigenvalue weighted by molar-refractivity contribution is 5.71. The lowest BCUT2D eigenvalue weighted by Gasteiger charge is -2.16. The molecule has 0 aliphatic carbocycles. The molecule has 2 rings (SSSR count). The summed E-state index contributed by atoms with van der Waals surface area (Å²) in [5, 5.41) is 0. The predicted molar refractivity (Wildman–Crippen MR) is 70.3 cm³/mol. The fraction of sp³-hybridized carbons (Fsp3) is 0.615. The Hall–Kier alpha value is -1.85. The highest BCUT2D eigenvalue weighted by Crippen LogP contribution is 2.19. The third-order valence-corrected chi connectivity index (χ3v) is 2.85. The number of ether oxygens (including phenoxy) is 2. The first-order valence-corrected chi connectivity index (χ1v) is 6.58. The minimum Gasteiger partial charge on any atom is -0.466 e. The van der Waals surface area contributed by atoms with Crippen LogP contribution in [0.5, 0.6) is 5.88 Å². The molecule has 0 N–H and O–H groups in total. The molecule has 2 heterocycles. The summed E-state index contributed by atoms with van der Waals surface area (Å²) >= 11 is 0. The number of carbonyl (C=O) groups is 1. The second-order valence-electron chi connectivity index (χ2n) is 4.44. The lowest BCUT2D eigenvalue weighted by atomic mass is 10.4. The molecule has 0 radical (unpaired) electrons. The molecule has 6 nitrogen and oxygen atoms in total. The van der Waals surface area contributed by atoms with Crippen molar-refractivity contribution in [3.8, 4) is 5.88 Å². The number of nitrogens with zero attached hydrogens (tertiary/aromatic N) is 3. The topological polar surface area (TPSA) is 64.6 Å². The lowest BCUT2D eigenvalue weighted by Crippen LogP contribution is -2.21. The van der Waals surface area contributed by atoms with E-state index >= 15 is 0 Å². The van der Waals surface area contributed by atoms with Crippen molar-refractivity contribution < 1.29 is 14.3 Å². The zero-order valence-corrected chi connectivity index (χ0v) is 11.4. The Bertz CT molecular complexity index is 445. The maximum absolute atomic E-state index is 11.2. The fourth-order valence-corrected chi connectivity index (χ4v) is 1.99. The van der Waals surface area contributed by atoms with Crippen molar-refractivity contribution in [2.75, 3.05) is 31.2 Å². The van der Waals surface area contributed by atoms with Gasteiger partial charge in [0.1, 0.15) is 0 Å². The Morgan fingerprint density at radius 1 is 1.37 bits per heavy atom. The molecule has 1 aliphatic heterocycles. The standard InChI is InChI=1S/C13H19N3O3/c1-3-18-12(17)9-19-11-8-10(2)14-13(15-11)16-6-4-5-7-16/h8H,3-7,9H2,1-2H3. The molecule has 1 aromatic rings. The highest BCUT2D eigenvalue weighted by atomic mass is 16.6. The van der Waals surface area contributed by atoms with Crippen LogP contribution in [0, 0.1) is 6.92 Å². The number of hydrogen-bond acceptors (Lipinski definition) is 6. The molecular formula is C13H19N3O3. The van der Waals surface area contributed by atoms with Gasteiger partial charge in [-0.05, 0) is 26.7 Å². The van der Waals surface area contributed by atoms with Gasteiger partial charge in [-0.2, -0.15) is 4.98 Å². The Morgan fingerprint density at radius 3 is 2.79 bits per heavy atom. The van der Waals surface area contributed by atoms with Gasteiger partial charge in [0.15, 0.2) is 6.61 Å². The van der Waals surface area contributed by atoms with Gasteiger partial charge in [0.05, 0.1) is 6.61 Å². The van der Waals surface area contributed by atoms with Gasteiger partial charge in [0.2, 0.25) is 11.8 Å². The van der Waals surface area contributed by atoms with E-state index in [0.29, 0.717) is 18.4 Å². The summed E-state index contributed by atoms with van der Waals surface area (Å²) in [6, 6.07) is 1.72. The van der Waals surface area contributed by atoms with E-state index < -0.39 is 0 Å². The van der Waals surface area contributed by atoms with E-state index in [1.54, 1.807) is 13.0 Å². The SMILES string of the molecule is CCOC(=O)COc1cc(C)nc(N2CCCC2)n1. The Labute approximate surface area is 112 Å². The van der Waals surface area contributed by atoms with Crippen LogP contribution in [0.3, 0.4) is 0 Å². The zero-order valence-electron chi connectivity index (χ0n) is 11.4. The molecule has 0 atom stereocenters. The van der Waals surface area contributed by atoms with Crippen LogP contribution < -0.4 is 9.64 Å². The minimum atomic E-state index is -0.388. The molecule has 1 fully saturated rings. The van der Waals surface area contributed by atoms with Crippen molar-refractivity contribution in [1.29, 1.82) is 0 Å².